The van der Waals surface area contributed by atoms with Crippen molar-refractivity contribution in [3.63, 3.8) is 0 Å². The minimum atomic E-state index is -0.348. The van der Waals surface area contributed by atoms with Gasteiger partial charge in [-0.05, 0) is 36.2 Å². The smallest absolute Gasteiger partial charge is 0.191 e. The quantitative estimate of drug-likeness (QED) is 0.371. The third-order valence-electron chi connectivity index (χ3n) is 3.93. The number of thioether (sulfide) groups is 1. The Bertz CT molecular complexity index is 945. The lowest BCUT2D eigenvalue weighted by Crippen LogP contribution is -2.08. The predicted molar refractivity (Wildman–Crippen MR) is 107 cm³/mol. The molecule has 0 saturated heterocycles. The number of ether oxygens (including phenoxy) is 1. The highest BCUT2D eigenvalue weighted by Crippen LogP contribution is 2.27. The highest BCUT2D eigenvalue weighted by atomic mass is 35.5. The molecule has 140 valence electrons. The van der Waals surface area contributed by atoms with E-state index in [4.69, 9.17) is 16.3 Å². The molecule has 0 aliphatic rings. The monoisotopic (exact) mass is 403 g/mol. The maximum Gasteiger partial charge on any atom is 0.191 e. The van der Waals surface area contributed by atoms with E-state index in [9.17, 15) is 4.39 Å². The van der Waals surface area contributed by atoms with Crippen molar-refractivity contribution in [1.29, 1.82) is 0 Å². The fourth-order valence-electron chi connectivity index (χ4n) is 2.49. The van der Waals surface area contributed by atoms with Crippen molar-refractivity contribution in [3.8, 4) is 5.75 Å². The molecule has 27 heavy (non-hydrogen) atoms. The summed E-state index contributed by atoms with van der Waals surface area (Å²) in [5.74, 6) is 1.75. The van der Waals surface area contributed by atoms with Crippen molar-refractivity contribution in [2.75, 3.05) is 0 Å². The number of aryl methyl sites for hydroxylation is 1. The van der Waals surface area contributed by atoms with Crippen molar-refractivity contribution in [2.45, 2.75) is 31.0 Å². The number of halogens is 2. The molecule has 2 aromatic carbocycles. The highest BCUT2D eigenvalue weighted by Gasteiger charge is 2.14. The van der Waals surface area contributed by atoms with E-state index >= 15 is 0 Å². The number of hydrogen-bond donors (Lipinski definition) is 0. The average Bonchev–Trinajstić information content (AvgIpc) is 3.02. The molecule has 0 fully saturated rings. The molecule has 0 radical (unpaired) electrons. The van der Waals surface area contributed by atoms with Gasteiger partial charge in [0.1, 0.15) is 18.2 Å². The van der Waals surface area contributed by atoms with Gasteiger partial charge in [0.2, 0.25) is 0 Å². The van der Waals surface area contributed by atoms with Crippen molar-refractivity contribution < 1.29 is 9.13 Å². The highest BCUT2D eigenvalue weighted by molar-refractivity contribution is 7.98. The SMILES string of the molecule is C=CCn1c(COc2ccccc2C)nnc1SCc1ccc(F)cc1Cl. The molecule has 0 amide bonds. The largest absolute Gasteiger partial charge is 0.485 e. The van der Waals surface area contributed by atoms with Crippen LogP contribution >= 0.6 is 23.4 Å². The average molecular weight is 404 g/mol. The first-order chi connectivity index (χ1) is 13.1. The van der Waals surface area contributed by atoms with Crippen LogP contribution in [0.25, 0.3) is 0 Å². The maximum atomic E-state index is 13.2. The minimum absolute atomic E-state index is 0.309. The lowest BCUT2D eigenvalue weighted by Gasteiger charge is -2.11. The van der Waals surface area contributed by atoms with E-state index in [-0.39, 0.29) is 5.82 Å². The number of nitrogens with zero attached hydrogens (tertiary/aromatic N) is 3. The minimum Gasteiger partial charge on any atom is -0.485 e. The summed E-state index contributed by atoms with van der Waals surface area (Å²) in [6.45, 7) is 6.68. The first-order valence-electron chi connectivity index (χ1n) is 8.36. The lowest BCUT2D eigenvalue weighted by atomic mass is 10.2. The number of aromatic nitrogens is 3. The van der Waals surface area contributed by atoms with Gasteiger partial charge in [0.25, 0.3) is 0 Å². The van der Waals surface area contributed by atoms with Crippen molar-refractivity contribution >= 4 is 23.4 Å². The molecule has 1 heterocycles. The van der Waals surface area contributed by atoms with Crippen LogP contribution < -0.4 is 4.74 Å². The molecule has 0 saturated carbocycles. The van der Waals surface area contributed by atoms with Gasteiger partial charge in [-0.2, -0.15) is 0 Å². The van der Waals surface area contributed by atoms with E-state index in [1.165, 1.54) is 23.9 Å². The second-order valence-corrected chi connectivity index (χ2v) is 7.23. The normalized spacial score (nSPS) is 10.8. The molecule has 3 rings (SSSR count). The van der Waals surface area contributed by atoms with Gasteiger partial charge in [-0.25, -0.2) is 4.39 Å². The molecule has 3 aromatic rings. The summed E-state index contributed by atoms with van der Waals surface area (Å²) in [5.41, 5.74) is 1.90. The Morgan fingerprint density at radius 3 is 2.81 bits per heavy atom. The third kappa shape index (κ3) is 4.90. The molecular weight excluding hydrogens is 385 g/mol. The van der Waals surface area contributed by atoms with Gasteiger partial charge >= 0.3 is 0 Å². The Kier molecular flexibility index (Phi) is 6.53. The summed E-state index contributed by atoms with van der Waals surface area (Å²) in [4.78, 5) is 0. The molecule has 7 heteroatoms. The molecule has 0 atom stereocenters. The Labute approximate surface area is 167 Å². The first-order valence-corrected chi connectivity index (χ1v) is 9.73. The standard InChI is InChI=1S/C20H19ClFN3OS/c1-3-10-25-19(12-26-18-7-5-4-6-14(18)2)23-24-20(25)27-13-15-8-9-16(22)11-17(15)21/h3-9,11H,1,10,12-13H2,2H3. The van der Waals surface area contributed by atoms with E-state index in [1.54, 1.807) is 12.1 Å². The summed E-state index contributed by atoms with van der Waals surface area (Å²) in [6, 6.07) is 12.2. The molecule has 0 aliphatic heterocycles. The molecule has 0 bridgehead atoms. The first kappa shape index (κ1) is 19.5. The van der Waals surface area contributed by atoms with E-state index < -0.39 is 0 Å². The van der Waals surface area contributed by atoms with E-state index in [0.717, 1.165) is 22.0 Å². The zero-order valence-corrected chi connectivity index (χ0v) is 16.4. The summed E-state index contributed by atoms with van der Waals surface area (Å²) in [5, 5.41) is 9.66. The van der Waals surface area contributed by atoms with Crippen LogP contribution in [-0.2, 0) is 18.9 Å². The molecule has 4 nitrogen and oxygen atoms in total. The molecule has 0 spiro atoms. The summed E-state index contributed by atoms with van der Waals surface area (Å²) >= 11 is 7.59. The van der Waals surface area contributed by atoms with E-state index in [0.29, 0.717) is 29.8 Å². The zero-order chi connectivity index (χ0) is 19.2. The number of benzene rings is 2. The van der Waals surface area contributed by atoms with Gasteiger partial charge in [0.05, 0.1) is 0 Å². The van der Waals surface area contributed by atoms with E-state index in [2.05, 4.69) is 16.8 Å². The third-order valence-corrected chi connectivity index (χ3v) is 5.29. The van der Waals surface area contributed by atoms with Crippen LogP contribution in [0.4, 0.5) is 4.39 Å². The van der Waals surface area contributed by atoms with Crippen molar-refractivity contribution in [3.05, 3.63) is 82.9 Å². The van der Waals surface area contributed by atoms with Crippen LogP contribution in [0.3, 0.4) is 0 Å². The van der Waals surface area contributed by atoms with Gasteiger partial charge in [-0.1, -0.05) is 53.7 Å². The van der Waals surface area contributed by atoms with Gasteiger partial charge in [-0.3, -0.25) is 4.57 Å². The van der Waals surface area contributed by atoms with Crippen molar-refractivity contribution in [2.24, 2.45) is 0 Å². The van der Waals surface area contributed by atoms with Crippen molar-refractivity contribution in [1.82, 2.24) is 14.8 Å². The molecular formula is C20H19ClFN3OS. The summed E-state index contributed by atoms with van der Waals surface area (Å²) < 4.78 is 21.0. The summed E-state index contributed by atoms with van der Waals surface area (Å²) in [6.07, 6.45) is 1.79. The van der Waals surface area contributed by atoms with Gasteiger partial charge in [0, 0.05) is 17.3 Å². The molecule has 0 unspecified atom stereocenters. The van der Waals surface area contributed by atoms with Crippen LogP contribution in [0.1, 0.15) is 17.0 Å². The molecule has 1 aromatic heterocycles. The lowest BCUT2D eigenvalue weighted by molar-refractivity contribution is 0.287. The van der Waals surface area contributed by atoms with Crippen LogP contribution in [0, 0.1) is 12.7 Å². The Balaban J connectivity index is 1.72. The van der Waals surface area contributed by atoms with Crippen LogP contribution in [0.15, 0.2) is 60.3 Å². The number of allylic oxidation sites excluding steroid dienone is 1. The fraction of sp³-hybridized carbons (Fsp3) is 0.200. The van der Waals surface area contributed by atoms with Gasteiger partial charge in [0.15, 0.2) is 11.0 Å². The number of hydrogen-bond acceptors (Lipinski definition) is 4. The van der Waals surface area contributed by atoms with E-state index in [1.807, 2.05) is 35.8 Å². The second-order valence-electron chi connectivity index (χ2n) is 5.88. The molecule has 0 N–H and O–H groups in total. The fourth-order valence-corrected chi connectivity index (χ4v) is 3.77. The number of rotatable bonds is 8. The summed E-state index contributed by atoms with van der Waals surface area (Å²) in [7, 11) is 0. The maximum absolute atomic E-state index is 13.2. The van der Waals surface area contributed by atoms with Crippen LogP contribution in [0.2, 0.25) is 5.02 Å². The topological polar surface area (TPSA) is 39.9 Å². The predicted octanol–water partition coefficient (Wildman–Crippen LogP) is 5.44. The second kappa shape index (κ2) is 9.06. The Morgan fingerprint density at radius 2 is 2.07 bits per heavy atom. The zero-order valence-electron chi connectivity index (χ0n) is 14.9. The van der Waals surface area contributed by atoms with Gasteiger partial charge in [-0.15, -0.1) is 16.8 Å². The molecule has 0 aliphatic carbocycles. The van der Waals surface area contributed by atoms with Gasteiger partial charge < -0.3 is 4.74 Å². The number of para-hydroxylation sites is 1. The Morgan fingerprint density at radius 1 is 1.26 bits per heavy atom. The van der Waals surface area contributed by atoms with Crippen LogP contribution in [-0.4, -0.2) is 14.8 Å². The van der Waals surface area contributed by atoms with Crippen LogP contribution in [0.5, 0.6) is 5.75 Å². The Hall–Kier alpha value is -2.31.